The lowest BCUT2D eigenvalue weighted by Crippen LogP contribution is -2.41. The normalized spacial score (nSPS) is 19.8. The highest BCUT2D eigenvalue weighted by Crippen LogP contribution is 2.42. The second-order valence-electron chi connectivity index (χ2n) is 7.89. The van der Waals surface area contributed by atoms with Crippen molar-refractivity contribution in [3.05, 3.63) is 71.6 Å². The summed E-state index contributed by atoms with van der Waals surface area (Å²) in [5.41, 5.74) is 0.483. The van der Waals surface area contributed by atoms with Gasteiger partial charge in [-0.15, -0.1) is 0 Å². The van der Waals surface area contributed by atoms with Crippen LogP contribution in [0, 0.1) is 17.6 Å². The van der Waals surface area contributed by atoms with Crippen LogP contribution < -0.4 is 4.72 Å². The largest absolute Gasteiger partial charge is 0.391 e. The second kappa shape index (κ2) is 9.55. The molecule has 0 bridgehead atoms. The van der Waals surface area contributed by atoms with Gasteiger partial charge in [-0.3, -0.25) is 9.62 Å². The number of alkyl halides is 3. The summed E-state index contributed by atoms with van der Waals surface area (Å²) in [7, 11) is -4.46. The fraction of sp³-hybridized carbons (Fsp3) is 0.333. The molecular weight excluding hydrogens is 499 g/mol. The van der Waals surface area contributed by atoms with Crippen LogP contribution in [0.4, 0.5) is 27.1 Å². The number of halogens is 5. The van der Waals surface area contributed by atoms with Crippen LogP contribution in [0.2, 0.25) is 0 Å². The number of likely N-dealkylation sites (tertiary alicyclic amines) is 1. The Kier molecular flexibility index (Phi) is 6.87. The first kappa shape index (κ1) is 24.5. The van der Waals surface area contributed by atoms with E-state index in [0.29, 0.717) is 11.6 Å². The predicted octanol–water partition coefficient (Wildman–Crippen LogP) is 5.13. The van der Waals surface area contributed by atoms with Crippen molar-refractivity contribution in [1.29, 1.82) is 0 Å². The van der Waals surface area contributed by atoms with Crippen molar-refractivity contribution in [1.82, 2.24) is 14.3 Å². The van der Waals surface area contributed by atoms with Crippen molar-refractivity contribution in [2.75, 3.05) is 11.3 Å². The van der Waals surface area contributed by atoms with Crippen LogP contribution in [0.1, 0.15) is 30.0 Å². The molecule has 0 radical (unpaired) electrons. The Morgan fingerprint density at radius 1 is 1.12 bits per heavy atom. The molecule has 1 aliphatic heterocycles. The first-order valence-corrected chi connectivity index (χ1v) is 12.4. The number of nitrogens with zero attached hydrogens (tertiary/aromatic N) is 3. The van der Waals surface area contributed by atoms with E-state index >= 15 is 0 Å². The Bertz CT molecular complexity index is 1240. The fourth-order valence-electron chi connectivity index (χ4n) is 4.03. The SMILES string of the molecule is O=S(=O)(Nc1ncns1)c1cc(F)c(CN2CC[C@H](C(F)(F)F)C[C@H]2c2ccccc2)cc1F. The summed E-state index contributed by atoms with van der Waals surface area (Å²) in [5, 5.41) is -0.109. The quantitative estimate of drug-likeness (QED) is 0.458. The molecule has 0 aliphatic carbocycles. The summed E-state index contributed by atoms with van der Waals surface area (Å²) in [6.07, 6.45) is -3.63. The average Bonchev–Trinajstić information content (AvgIpc) is 3.28. The Labute approximate surface area is 196 Å². The summed E-state index contributed by atoms with van der Waals surface area (Å²) in [5.74, 6) is -3.67. The van der Waals surface area contributed by atoms with Gasteiger partial charge in [0.1, 0.15) is 22.9 Å². The van der Waals surface area contributed by atoms with E-state index in [1.165, 1.54) is 0 Å². The smallest absolute Gasteiger partial charge is 0.292 e. The van der Waals surface area contributed by atoms with Crippen molar-refractivity contribution in [2.24, 2.45) is 5.92 Å². The zero-order chi connectivity index (χ0) is 24.5. The van der Waals surface area contributed by atoms with Crippen molar-refractivity contribution in [2.45, 2.75) is 36.5 Å². The number of sulfonamides is 1. The molecule has 0 unspecified atom stereocenters. The van der Waals surface area contributed by atoms with Crippen LogP contribution in [0.5, 0.6) is 0 Å². The molecule has 1 saturated heterocycles. The van der Waals surface area contributed by atoms with Crippen LogP contribution in [0.3, 0.4) is 0 Å². The van der Waals surface area contributed by atoms with E-state index in [1.807, 2.05) is 4.72 Å². The summed E-state index contributed by atoms with van der Waals surface area (Å²) < 4.78 is 100. The first-order chi connectivity index (χ1) is 16.0. The van der Waals surface area contributed by atoms with Crippen LogP contribution in [-0.2, 0) is 16.6 Å². The molecule has 0 saturated carbocycles. The minimum atomic E-state index is -4.46. The van der Waals surface area contributed by atoms with Gasteiger partial charge in [0.2, 0.25) is 5.13 Å². The van der Waals surface area contributed by atoms with E-state index in [-0.39, 0.29) is 36.6 Å². The standard InChI is InChI=1S/C21H19F5N4O2S2/c22-16-10-19(34(31,32)29-20-27-12-28-33-20)17(23)8-14(16)11-30-7-6-15(21(24,25)26)9-18(30)13-4-2-1-3-5-13/h1-5,8,10,12,15,18H,6-7,9,11H2,(H,27,28,29)/t15-,18-/m0/s1. The molecule has 2 heterocycles. The number of aromatic nitrogens is 2. The monoisotopic (exact) mass is 518 g/mol. The first-order valence-electron chi connectivity index (χ1n) is 10.2. The molecule has 6 nitrogen and oxygen atoms in total. The molecule has 34 heavy (non-hydrogen) atoms. The molecule has 1 aromatic heterocycles. The summed E-state index contributed by atoms with van der Waals surface area (Å²) >= 11 is 0.727. The molecular formula is C21H19F5N4O2S2. The molecule has 0 amide bonds. The van der Waals surface area contributed by atoms with Gasteiger partial charge in [0.05, 0.1) is 5.92 Å². The minimum Gasteiger partial charge on any atom is -0.292 e. The predicted molar refractivity (Wildman–Crippen MR) is 115 cm³/mol. The average molecular weight is 519 g/mol. The topological polar surface area (TPSA) is 75.2 Å². The lowest BCUT2D eigenvalue weighted by atomic mass is 9.86. The number of nitrogens with one attached hydrogen (secondary N) is 1. The molecule has 0 spiro atoms. The molecule has 2 aromatic carbocycles. The lowest BCUT2D eigenvalue weighted by Gasteiger charge is -2.40. The van der Waals surface area contributed by atoms with Gasteiger partial charge in [0.15, 0.2) is 0 Å². The highest BCUT2D eigenvalue weighted by atomic mass is 32.2. The third-order valence-corrected chi connectivity index (χ3v) is 7.77. The van der Waals surface area contributed by atoms with Gasteiger partial charge in [-0.1, -0.05) is 30.3 Å². The molecule has 182 valence electrons. The van der Waals surface area contributed by atoms with E-state index in [2.05, 4.69) is 9.36 Å². The van der Waals surface area contributed by atoms with E-state index in [9.17, 15) is 30.4 Å². The maximum Gasteiger partial charge on any atom is 0.391 e. The van der Waals surface area contributed by atoms with E-state index in [0.717, 1.165) is 23.9 Å². The van der Waals surface area contributed by atoms with E-state index < -0.39 is 44.7 Å². The molecule has 1 fully saturated rings. The van der Waals surface area contributed by atoms with Crippen LogP contribution in [0.25, 0.3) is 0 Å². The highest BCUT2D eigenvalue weighted by Gasteiger charge is 2.44. The molecule has 2 atom stereocenters. The number of benzene rings is 2. The number of rotatable bonds is 6. The number of hydrogen-bond acceptors (Lipinski definition) is 6. The van der Waals surface area contributed by atoms with Crippen molar-refractivity contribution >= 4 is 26.7 Å². The maximum absolute atomic E-state index is 14.9. The lowest BCUT2D eigenvalue weighted by molar-refractivity contribution is -0.190. The van der Waals surface area contributed by atoms with Gasteiger partial charge in [0.25, 0.3) is 10.0 Å². The van der Waals surface area contributed by atoms with Crippen LogP contribution in [-0.4, -0.2) is 35.4 Å². The van der Waals surface area contributed by atoms with Gasteiger partial charge in [0, 0.05) is 29.7 Å². The van der Waals surface area contributed by atoms with E-state index in [1.54, 1.807) is 35.2 Å². The molecule has 3 aromatic rings. The van der Waals surface area contributed by atoms with E-state index in [4.69, 9.17) is 0 Å². The third-order valence-electron chi connectivity index (χ3n) is 5.71. The molecule has 1 aliphatic rings. The van der Waals surface area contributed by atoms with Gasteiger partial charge in [-0.25, -0.2) is 22.2 Å². The third kappa shape index (κ3) is 5.36. The Balaban J connectivity index is 1.60. The second-order valence-corrected chi connectivity index (χ2v) is 10.3. The highest BCUT2D eigenvalue weighted by molar-refractivity contribution is 7.93. The van der Waals surface area contributed by atoms with Crippen molar-refractivity contribution < 1.29 is 30.4 Å². The summed E-state index contributed by atoms with van der Waals surface area (Å²) in [4.78, 5) is 4.40. The Morgan fingerprint density at radius 3 is 2.50 bits per heavy atom. The zero-order valence-corrected chi connectivity index (χ0v) is 19.1. The van der Waals surface area contributed by atoms with Gasteiger partial charge >= 0.3 is 6.18 Å². The van der Waals surface area contributed by atoms with Crippen molar-refractivity contribution in [3.8, 4) is 0 Å². The Hall–Kier alpha value is -2.64. The minimum absolute atomic E-state index is 0.0173. The van der Waals surface area contributed by atoms with Crippen molar-refractivity contribution in [3.63, 3.8) is 0 Å². The maximum atomic E-state index is 14.9. The van der Waals surface area contributed by atoms with Gasteiger partial charge < -0.3 is 0 Å². The molecule has 1 N–H and O–H groups in total. The number of anilines is 1. The molecule has 13 heteroatoms. The zero-order valence-electron chi connectivity index (χ0n) is 17.5. The van der Waals surface area contributed by atoms with Crippen LogP contribution in [0.15, 0.2) is 53.7 Å². The number of hydrogen-bond donors (Lipinski definition) is 1. The van der Waals surface area contributed by atoms with Gasteiger partial charge in [-0.2, -0.15) is 17.5 Å². The van der Waals surface area contributed by atoms with Gasteiger partial charge in [-0.05, 0) is 37.1 Å². The van der Waals surface area contributed by atoms with Crippen LogP contribution >= 0.6 is 11.5 Å². The molecule has 4 rings (SSSR count). The summed E-state index contributed by atoms with van der Waals surface area (Å²) in [6.45, 7) is -0.166. The fourth-order valence-corrected chi connectivity index (χ4v) is 5.76. The summed E-state index contributed by atoms with van der Waals surface area (Å²) in [6, 6.07) is 9.21. The number of piperidine rings is 1. The Morgan fingerprint density at radius 2 is 1.85 bits per heavy atom.